The summed E-state index contributed by atoms with van der Waals surface area (Å²) in [5, 5.41) is 4.02. The minimum atomic E-state index is -3.94. The summed E-state index contributed by atoms with van der Waals surface area (Å²) in [4.78, 5) is 12.9. The zero-order chi connectivity index (χ0) is 27.0. The predicted octanol–water partition coefficient (Wildman–Crippen LogP) is 5.89. The van der Waals surface area contributed by atoms with E-state index in [4.69, 9.17) is 4.74 Å². The van der Waals surface area contributed by atoms with Crippen LogP contribution in [0.25, 0.3) is 0 Å². The minimum absolute atomic E-state index is 0.0273. The normalized spacial score (nSPS) is 11.6. The van der Waals surface area contributed by atoms with Gasteiger partial charge in [0, 0.05) is 11.0 Å². The second kappa shape index (κ2) is 12.6. The van der Waals surface area contributed by atoms with Gasteiger partial charge in [-0.25, -0.2) is 13.8 Å². The highest BCUT2D eigenvalue weighted by atomic mass is 79.9. The Kier molecular flexibility index (Phi) is 9.06. The maximum absolute atomic E-state index is 13.4. The molecule has 0 aliphatic carbocycles. The highest BCUT2D eigenvalue weighted by Gasteiger charge is 2.27. The Bertz CT molecular complexity index is 1510. The number of aryl methyl sites for hydroxylation is 1. The molecule has 38 heavy (non-hydrogen) atoms. The van der Waals surface area contributed by atoms with Crippen LogP contribution < -0.4 is 10.2 Å². The van der Waals surface area contributed by atoms with Gasteiger partial charge in [0.2, 0.25) is 10.0 Å². The number of halogens is 1. The summed E-state index contributed by atoms with van der Waals surface area (Å²) >= 11 is 3.38. The van der Waals surface area contributed by atoms with Crippen molar-refractivity contribution in [2.45, 2.75) is 18.4 Å². The van der Waals surface area contributed by atoms with Crippen molar-refractivity contribution in [3.63, 3.8) is 0 Å². The van der Waals surface area contributed by atoms with Crippen LogP contribution in [0.4, 0.5) is 0 Å². The molecule has 0 radical (unpaired) electrons. The summed E-state index contributed by atoms with van der Waals surface area (Å²) in [6.07, 6.45) is 1.48. The van der Waals surface area contributed by atoms with Crippen LogP contribution in [0.1, 0.15) is 16.7 Å². The number of carbonyl (C=O) groups excluding carboxylic acids is 1. The monoisotopic (exact) mass is 591 g/mol. The molecule has 1 amide bonds. The Labute approximate surface area is 231 Å². The van der Waals surface area contributed by atoms with Crippen molar-refractivity contribution in [3.05, 3.63) is 124 Å². The highest BCUT2D eigenvalue weighted by molar-refractivity contribution is 9.10. The van der Waals surface area contributed by atoms with Crippen molar-refractivity contribution in [3.8, 4) is 11.5 Å². The number of hydrazone groups is 1. The van der Waals surface area contributed by atoms with E-state index in [-0.39, 0.29) is 11.4 Å². The van der Waals surface area contributed by atoms with Crippen molar-refractivity contribution >= 4 is 38.1 Å². The molecular weight excluding hydrogens is 566 g/mol. The predicted molar refractivity (Wildman–Crippen MR) is 152 cm³/mol. The molecule has 1 N–H and O–H groups in total. The number of nitrogens with one attached hydrogen (secondary N) is 1. The highest BCUT2D eigenvalue weighted by Crippen LogP contribution is 2.22. The third-order valence-corrected chi connectivity index (χ3v) is 7.83. The van der Waals surface area contributed by atoms with Crippen LogP contribution in [0, 0.1) is 6.92 Å². The maximum Gasteiger partial charge on any atom is 0.255 e. The van der Waals surface area contributed by atoms with Crippen LogP contribution in [0.2, 0.25) is 0 Å². The lowest BCUT2D eigenvalue weighted by Crippen LogP contribution is -2.39. The molecule has 0 aliphatic rings. The van der Waals surface area contributed by atoms with E-state index >= 15 is 0 Å². The van der Waals surface area contributed by atoms with Crippen molar-refractivity contribution in [2.24, 2.45) is 5.10 Å². The fourth-order valence-electron chi connectivity index (χ4n) is 3.54. The molecule has 0 fully saturated rings. The molecule has 0 aliphatic heterocycles. The lowest BCUT2D eigenvalue weighted by molar-refractivity contribution is -0.121. The number of carbonyl (C=O) groups is 1. The Balaban J connectivity index is 1.45. The molecule has 0 aromatic heterocycles. The summed E-state index contributed by atoms with van der Waals surface area (Å²) in [6.45, 7) is 1.51. The molecule has 0 atom stereocenters. The smallest absolute Gasteiger partial charge is 0.255 e. The van der Waals surface area contributed by atoms with E-state index in [0.717, 1.165) is 19.9 Å². The van der Waals surface area contributed by atoms with E-state index in [1.807, 2.05) is 79.7 Å². The summed E-state index contributed by atoms with van der Waals surface area (Å²) in [7, 11) is -3.94. The van der Waals surface area contributed by atoms with Crippen molar-refractivity contribution in [1.82, 2.24) is 9.73 Å². The Morgan fingerprint density at radius 3 is 2.32 bits per heavy atom. The van der Waals surface area contributed by atoms with E-state index < -0.39 is 22.5 Å². The van der Waals surface area contributed by atoms with Gasteiger partial charge >= 0.3 is 0 Å². The Morgan fingerprint density at radius 2 is 1.61 bits per heavy atom. The van der Waals surface area contributed by atoms with Gasteiger partial charge in [-0.05, 0) is 66.6 Å². The van der Waals surface area contributed by atoms with E-state index in [0.29, 0.717) is 17.1 Å². The molecule has 0 saturated heterocycles. The quantitative estimate of drug-likeness (QED) is 0.184. The van der Waals surface area contributed by atoms with Gasteiger partial charge in [-0.15, -0.1) is 0 Å². The fourth-order valence-corrected chi connectivity index (χ4v) is 5.18. The van der Waals surface area contributed by atoms with E-state index in [2.05, 4.69) is 26.5 Å². The second-order valence-corrected chi connectivity index (χ2v) is 11.3. The van der Waals surface area contributed by atoms with Gasteiger partial charge in [0.05, 0.1) is 17.7 Å². The molecule has 4 aromatic rings. The first-order valence-electron chi connectivity index (χ1n) is 11.8. The molecular formula is C29H26BrN3O4S. The van der Waals surface area contributed by atoms with Gasteiger partial charge in [-0.1, -0.05) is 76.1 Å². The largest absolute Gasteiger partial charge is 0.457 e. The van der Waals surface area contributed by atoms with Crippen LogP contribution >= 0.6 is 15.9 Å². The van der Waals surface area contributed by atoms with Gasteiger partial charge < -0.3 is 4.74 Å². The van der Waals surface area contributed by atoms with E-state index in [1.165, 1.54) is 6.21 Å². The molecule has 7 nitrogen and oxygen atoms in total. The molecule has 194 valence electrons. The molecule has 0 bridgehead atoms. The Morgan fingerprint density at radius 1 is 0.921 bits per heavy atom. The zero-order valence-electron chi connectivity index (χ0n) is 20.6. The number of ether oxygens (including phenoxy) is 1. The van der Waals surface area contributed by atoms with Crippen molar-refractivity contribution < 1.29 is 17.9 Å². The first-order chi connectivity index (χ1) is 18.3. The van der Waals surface area contributed by atoms with Crippen molar-refractivity contribution in [2.75, 3.05) is 6.54 Å². The summed E-state index contributed by atoms with van der Waals surface area (Å²) in [5.74, 6) is 0.762. The average Bonchev–Trinajstić information content (AvgIpc) is 2.90. The first kappa shape index (κ1) is 27.3. The standard InChI is InChI=1S/C29H26BrN3O4S/c1-22-10-16-28(17-11-22)38(35,36)33(20-23-12-14-25(30)15-13-23)21-29(34)32-31-19-24-6-5-9-27(18-24)37-26-7-3-2-4-8-26/h2-19H,20-21H2,1H3,(H,32,34)/b31-19-. The number of sulfonamides is 1. The molecule has 4 rings (SSSR count). The van der Waals surface area contributed by atoms with Crippen LogP contribution in [-0.4, -0.2) is 31.4 Å². The summed E-state index contributed by atoms with van der Waals surface area (Å²) in [6, 6.07) is 30.4. The minimum Gasteiger partial charge on any atom is -0.457 e. The molecule has 0 saturated carbocycles. The third-order valence-electron chi connectivity index (χ3n) is 5.49. The van der Waals surface area contributed by atoms with Gasteiger partial charge in [-0.3, -0.25) is 4.79 Å². The van der Waals surface area contributed by atoms with Gasteiger partial charge in [0.1, 0.15) is 11.5 Å². The topological polar surface area (TPSA) is 88.1 Å². The average molecular weight is 593 g/mol. The lowest BCUT2D eigenvalue weighted by Gasteiger charge is -2.21. The second-order valence-electron chi connectivity index (χ2n) is 8.49. The summed E-state index contributed by atoms with van der Waals surface area (Å²) < 4.78 is 34.7. The Hall–Kier alpha value is -3.79. The fraction of sp³-hybridized carbons (Fsp3) is 0.103. The number of amides is 1. The SMILES string of the molecule is Cc1ccc(S(=O)(=O)N(CC(=O)N/N=C\c2cccc(Oc3ccccc3)c2)Cc2ccc(Br)cc2)cc1. The van der Waals surface area contributed by atoms with Crippen LogP contribution in [0.15, 0.2) is 118 Å². The number of para-hydroxylation sites is 1. The molecule has 0 spiro atoms. The van der Waals surface area contributed by atoms with Crippen molar-refractivity contribution in [1.29, 1.82) is 0 Å². The molecule has 9 heteroatoms. The van der Waals surface area contributed by atoms with Gasteiger partial charge in [0.15, 0.2) is 0 Å². The number of nitrogens with zero attached hydrogens (tertiary/aromatic N) is 2. The number of hydrogen-bond donors (Lipinski definition) is 1. The first-order valence-corrected chi connectivity index (χ1v) is 14.0. The molecule has 4 aromatic carbocycles. The number of rotatable bonds is 10. The maximum atomic E-state index is 13.4. The van der Waals surface area contributed by atoms with Gasteiger partial charge in [0.25, 0.3) is 5.91 Å². The number of hydrogen-bond acceptors (Lipinski definition) is 5. The van der Waals surface area contributed by atoms with Crippen LogP contribution in [-0.2, 0) is 21.4 Å². The third kappa shape index (κ3) is 7.61. The van der Waals surface area contributed by atoms with Crippen LogP contribution in [0.5, 0.6) is 11.5 Å². The summed E-state index contributed by atoms with van der Waals surface area (Å²) in [5.41, 5.74) is 4.83. The van der Waals surface area contributed by atoms with E-state index in [1.54, 1.807) is 30.3 Å². The van der Waals surface area contributed by atoms with E-state index in [9.17, 15) is 13.2 Å². The lowest BCUT2D eigenvalue weighted by atomic mass is 10.2. The van der Waals surface area contributed by atoms with Gasteiger partial charge in [-0.2, -0.15) is 9.41 Å². The number of benzene rings is 4. The molecule has 0 heterocycles. The van der Waals surface area contributed by atoms with Crippen LogP contribution in [0.3, 0.4) is 0 Å². The molecule has 0 unspecified atom stereocenters. The zero-order valence-corrected chi connectivity index (χ0v) is 23.0.